The summed E-state index contributed by atoms with van der Waals surface area (Å²) in [6.45, 7) is 5.37. The van der Waals surface area contributed by atoms with E-state index in [2.05, 4.69) is 19.2 Å². The fourth-order valence-corrected chi connectivity index (χ4v) is 2.55. The maximum absolute atomic E-state index is 13.9. The minimum absolute atomic E-state index is 0.186. The SMILES string of the molecule is CCCCCCC(Cc1ccc(Cl)cc1F)NCCC. The smallest absolute Gasteiger partial charge is 0.127 e. The van der Waals surface area contributed by atoms with E-state index in [1.165, 1.54) is 31.7 Å². The summed E-state index contributed by atoms with van der Waals surface area (Å²) in [6.07, 6.45) is 7.98. The van der Waals surface area contributed by atoms with Crippen molar-refractivity contribution in [2.75, 3.05) is 6.54 Å². The minimum Gasteiger partial charge on any atom is -0.314 e. The van der Waals surface area contributed by atoms with Crippen LogP contribution in [0.1, 0.15) is 57.9 Å². The maximum Gasteiger partial charge on any atom is 0.127 e. The molecular weight excluding hydrogens is 273 g/mol. The predicted octanol–water partition coefficient (Wildman–Crippen LogP) is 5.36. The molecule has 0 radical (unpaired) electrons. The molecule has 3 heteroatoms. The van der Waals surface area contributed by atoms with Gasteiger partial charge >= 0.3 is 0 Å². The highest BCUT2D eigenvalue weighted by Crippen LogP contribution is 2.18. The third kappa shape index (κ3) is 6.71. The molecule has 0 amide bonds. The van der Waals surface area contributed by atoms with Crippen LogP contribution >= 0.6 is 11.6 Å². The average molecular weight is 300 g/mol. The summed E-state index contributed by atoms with van der Waals surface area (Å²) in [5.41, 5.74) is 0.762. The van der Waals surface area contributed by atoms with Crippen molar-refractivity contribution in [2.24, 2.45) is 0 Å². The fraction of sp³-hybridized carbons (Fsp3) is 0.647. The van der Waals surface area contributed by atoms with E-state index in [-0.39, 0.29) is 5.82 Å². The third-order valence-corrected chi connectivity index (χ3v) is 3.81. The van der Waals surface area contributed by atoms with Gasteiger partial charge in [0.2, 0.25) is 0 Å². The van der Waals surface area contributed by atoms with Gasteiger partial charge in [0.15, 0.2) is 0 Å². The van der Waals surface area contributed by atoms with Crippen molar-refractivity contribution in [1.82, 2.24) is 5.32 Å². The van der Waals surface area contributed by atoms with Crippen LogP contribution in [0.25, 0.3) is 0 Å². The molecule has 0 heterocycles. The molecule has 0 aliphatic carbocycles. The summed E-state index contributed by atoms with van der Waals surface area (Å²) in [5.74, 6) is -0.186. The first-order valence-corrected chi connectivity index (χ1v) is 8.22. The maximum atomic E-state index is 13.9. The number of halogens is 2. The molecule has 0 saturated heterocycles. The van der Waals surface area contributed by atoms with Crippen LogP contribution in [-0.2, 0) is 6.42 Å². The molecule has 0 aliphatic rings. The van der Waals surface area contributed by atoms with Crippen molar-refractivity contribution >= 4 is 11.6 Å². The third-order valence-electron chi connectivity index (χ3n) is 3.57. The van der Waals surface area contributed by atoms with Crippen LogP contribution in [0.5, 0.6) is 0 Å². The Labute approximate surface area is 127 Å². The van der Waals surface area contributed by atoms with Gasteiger partial charge in [-0.2, -0.15) is 0 Å². The topological polar surface area (TPSA) is 12.0 Å². The Balaban J connectivity index is 2.53. The molecule has 114 valence electrons. The largest absolute Gasteiger partial charge is 0.314 e. The van der Waals surface area contributed by atoms with Crippen molar-refractivity contribution in [2.45, 2.75) is 64.8 Å². The summed E-state index contributed by atoms with van der Waals surface area (Å²) in [6, 6.07) is 5.35. The van der Waals surface area contributed by atoms with E-state index in [9.17, 15) is 4.39 Å². The fourth-order valence-electron chi connectivity index (χ4n) is 2.39. The molecular formula is C17H27ClFN. The van der Waals surface area contributed by atoms with E-state index < -0.39 is 0 Å². The Morgan fingerprint density at radius 1 is 1.15 bits per heavy atom. The lowest BCUT2D eigenvalue weighted by Crippen LogP contribution is -2.32. The molecule has 1 atom stereocenters. The summed E-state index contributed by atoms with van der Waals surface area (Å²) in [5, 5.41) is 4.00. The van der Waals surface area contributed by atoms with E-state index in [1.807, 2.05) is 6.07 Å². The van der Waals surface area contributed by atoms with Gasteiger partial charge in [0, 0.05) is 11.1 Å². The lowest BCUT2D eigenvalue weighted by atomic mass is 9.99. The first-order valence-electron chi connectivity index (χ1n) is 7.84. The summed E-state index contributed by atoms with van der Waals surface area (Å²) >= 11 is 5.80. The van der Waals surface area contributed by atoms with Crippen LogP contribution in [0.2, 0.25) is 5.02 Å². The lowest BCUT2D eigenvalue weighted by molar-refractivity contribution is 0.446. The molecule has 0 aliphatic heterocycles. The molecule has 20 heavy (non-hydrogen) atoms. The second-order valence-electron chi connectivity index (χ2n) is 5.44. The molecule has 1 unspecified atom stereocenters. The first kappa shape index (κ1) is 17.5. The summed E-state index contributed by atoms with van der Waals surface area (Å²) in [7, 11) is 0. The number of benzene rings is 1. The number of hydrogen-bond donors (Lipinski definition) is 1. The number of rotatable bonds is 10. The standard InChI is InChI=1S/C17H27ClFN/c1-3-5-6-7-8-16(20-11-4-2)12-14-9-10-15(18)13-17(14)19/h9-10,13,16,20H,3-8,11-12H2,1-2H3. The average Bonchev–Trinajstić information content (AvgIpc) is 2.43. The zero-order valence-electron chi connectivity index (χ0n) is 12.7. The van der Waals surface area contributed by atoms with Crippen LogP contribution in [0, 0.1) is 5.82 Å². The molecule has 0 bridgehead atoms. The quantitative estimate of drug-likeness (QED) is 0.573. The van der Waals surface area contributed by atoms with Crippen molar-refractivity contribution in [3.05, 3.63) is 34.6 Å². The Morgan fingerprint density at radius 2 is 1.95 bits per heavy atom. The first-order chi connectivity index (χ1) is 9.67. The predicted molar refractivity (Wildman–Crippen MR) is 86.0 cm³/mol. The molecule has 0 fully saturated rings. The van der Waals surface area contributed by atoms with Crippen LogP contribution in [0.3, 0.4) is 0 Å². The molecule has 1 N–H and O–H groups in total. The minimum atomic E-state index is -0.186. The number of nitrogens with one attached hydrogen (secondary N) is 1. The molecule has 1 aromatic rings. The Kier molecular flexibility index (Phi) is 8.88. The van der Waals surface area contributed by atoms with Crippen molar-refractivity contribution < 1.29 is 4.39 Å². The van der Waals surface area contributed by atoms with E-state index in [0.717, 1.165) is 31.4 Å². The monoisotopic (exact) mass is 299 g/mol. The molecule has 0 saturated carbocycles. The van der Waals surface area contributed by atoms with Gasteiger partial charge in [0.05, 0.1) is 0 Å². The molecule has 0 spiro atoms. The number of hydrogen-bond acceptors (Lipinski definition) is 1. The number of unbranched alkanes of at least 4 members (excludes halogenated alkanes) is 3. The molecule has 1 rings (SSSR count). The highest BCUT2D eigenvalue weighted by molar-refractivity contribution is 6.30. The van der Waals surface area contributed by atoms with Crippen molar-refractivity contribution in [3.8, 4) is 0 Å². The Morgan fingerprint density at radius 3 is 2.60 bits per heavy atom. The Hall–Kier alpha value is -0.600. The Bertz CT molecular complexity index is 381. The van der Waals surface area contributed by atoms with Crippen LogP contribution in [-0.4, -0.2) is 12.6 Å². The zero-order chi connectivity index (χ0) is 14.8. The van der Waals surface area contributed by atoms with Crippen molar-refractivity contribution in [3.63, 3.8) is 0 Å². The second-order valence-corrected chi connectivity index (χ2v) is 5.88. The van der Waals surface area contributed by atoms with E-state index in [1.54, 1.807) is 6.07 Å². The second kappa shape index (κ2) is 10.2. The van der Waals surface area contributed by atoms with Crippen LogP contribution < -0.4 is 5.32 Å². The highest BCUT2D eigenvalue weighted by atomic mass is 35.5. The zero-order valence-corrected chi connectivity index (χ0v) is 13.5. The van der Waals surface area contributed by atoms with Crippen LogP contribution in [0.15, 0.2) is 18.2 Å². The van der Waals surface area contributed by atoms with E-state index in [0.29, 0.717) is 11.1 Å². The van der Waals surface area contributed by atoms with Crippen molar-refractivity contribution in [1.29, 1.82) is 0 Å². The lowest BCUT2D eigenvalue weighted by Gasteiger charge is -2.19. The van der Waals surface area contributed by atoms with Gasteiger partial charge in [-0.05, 0) is 43.5 Å². The van der Waals surface area contributed by atoms with Gasteiger partial charge in [0.25, 0.3) is 0 Å². The van der Waals surface area contributed by atoms with E-state index in [4.69, 9.17) is 11.6 Å². The molecule has 1 nitrogen and oxygen atoms in total. The van der Waals surface area contributed by atoms with Gasteiger partial charge in [-0.15, -0.1) is 0 Å². The summed E-state index contributed by atoms with van der Waals surface area (Å²) in [4.78, 5) is 0. The highest BCUT2D eigenvalue weighted by Gasteiger charge is 2.12. The van der Waals surface area contributed by atoms with Gasteiger partial charge in [-0.3, -0.25) is 0 Å². The molecule has 1 aromatic carbocycles. The molecule has 0 aromatic heterocycles. The normalized spacial score (nSPS) is 12.6. The van der Waals surface area contributed by atoms with E-state index >= 15 is 0 Å². The van der Waals surface area contributed by atoms with Gasteiger partial charge < -0.3 is 5.32 Å². The van der Waals surface area contributed by atoms with Gasteiger partial charge in [-0.1, -0.05) is 57.2 Å². The van der Waals surface area contributed by atoms with Gasteiger partial charge in [0.1, 0.15) is 5.82 Å². The van der Waals surface area contributed by atoms with Crippen LogP contribution in [0.4, 0.5) is 4.39 Å². The summed E-state index contributed by atoms with van der Waals surface area (Å²) < 4.78 is 13.9. The van der Waals surface area contributed by atoms with Gasteiger partial charge in [-0.25, -0.2) is 4.39 Å².